The van der Waals surface area contributed by atoms with E-state index in [1.54, 1.807) is 11.0 Å². The number of methoxy groups -OCH3 is 1. The van der Waals surface area contributed by atoms with Gasteiger partial charge >= 0.3 is 5.97 Å². The Morgan fingerprint density at radius 2 is 2.00 bits per heavy atom. The van der Waals surface area contributed by atoms with Crippen molar-refractivity contribution in [2.75, 3.05) is 25.5 Å². The first-order valence-corrected chi connectivity index (χ1v) is 6.90. The van der Waals surface area contributed by atoms with Crippen molar-refractivity contribution < 1.29 is 18.8 Å². The second kappa shape index (κ2) is 7.78. The molecule has 1 rings (SSSR count). The molecular formula is C14H23N3O4. The quantitative estimate of drug-likeness (QED) is 0.770. The molecule has 0 aliphatic carbocycles. The zero-order chi connectivity index (χ0) is 16.0. The Kier molecular flexibility index (Phi) is 6.36. The lowest BCUT2D eigenvalue weighted by atomic mass is 10.1. The smallest absolute Gasteiger partial charge is 0.319 e. The van der Waals surface area contributed by atoms with E-state index in [0.29, 0.717) is 5.88 Å². The molecule has 0 fully saturated rings. The van der Waals surface area contributed by atoms with Crippen molar-refractivity contribution in [3.8, 4) is 0 Å². The number of ether oxygens (including phenoxy) is 1. The molecule has 0 bridgehead atoms. The molecule has 0 atom stereocenters. The van der Waals surface area contributed by atoms with Gasteiger partial charge in [-0.25, -0.2) is 0 Å². The minimum absolute atomic E-state index is 0.0378. The summed E-state index contributed by atoms with van der Waals surface area (Å²) in [6.07, 6.45) is 0. The Labute approximate surface area is 124 Å². The van der Waals surface area contributed by atoms with Gasteiger partial charge in [0.25, 0.3) is 0 Å². The maximum atomic E-state index is 12.0. The molecule has 0 aromatic carbocycles. The summed E-state index contributed by atoms with van der Waals surface area (Å²) < 4.78 is 9.67. The Balaban J connectivity index is 2.58. The lowest BCUT2D eigenvalue weighted by Crippen LogP contribution is -2.41. The van der Waals surface area contributed by atoms with Gasteiger partial charge in [0, 0.05) is 12.1 Å². The average Bonchev–Trinajstić information content (AvgIpc) is 2.86. The molecule has 1 aromatic rings. The summed E-state index contributed by atoms with van der Waals surface area (Å²) in [5.74, 6) is -0.103. The topological polar surface area (TPSA) is 84.7 Å². The fourth-order valence-electron chi connectivity index (χ4n) is 1.63. The highest BCUT2D eigenvalue weighted by atomic mass is 16.5. The van der Waals surface area contributed by atoms with Crippen LogP contribution in [0.15, 0.2) is 10.6 Å². The Bertz CT molecular complexity index is 482. The molecule has 0 unspecified atom stereocenters. The van der Waals surface area contributed by atoms with Gasteiger partial charge in [-0.15, -0.1) is 0 Å². The van der Waals surface area contributed by atoms with Crippen molar-refractivity contribution in [2.45, 2.75) is 39.7 Å². The highest BCUT2D eigenvalue weighted by Crippen LogP contribution is 2.17. The monoisotopic (exact) mass is 297 g/mol. The van der Waals surface area contributed by atoms with E-state index in [9.17, 15) is 9.59 Å². The Morgan fingerprint density at radius 3 is 2.48 bits per heavy atom. The highest BCUT2D eigenvalue weighted by Gasteiger charge is 2.19. The van der Waals surface area contributed by atoms with Crippen LogP contribution < -0.4 is 5.32 Å². The van der Waals surface area contributed by atoms with E-state index < -0.39 is 0 Å². The predicted molar refractivity (Wildman–Crippen MR) is 77.9 cm³/mol. The third-order valence-electron chi connectivity index (χ3n) is 3.02. The number of hydrogen-bond donors (Lipinski definition) is 1. The minimum Gasteiger partial charge on any atom is -0.468 e. The molecule has 118 valence electrons. The van der Waals surface area contributed by atoms with Crippen molar-refractivity contribution in [3.05, 3.63) is 11.8 Å². The van der Waals surface area contributed by atoms with Crippen molar-refractivity contribution in [3.63, 3.8) is 0 Å². The van der Waals surface area contributed by atoms with Gasteiger partial charge in [0.05, 0.1) is 25.9 Å². The van der Waals surface area contributed by atoms with Crippen LogP contribution in [0.5, 0.6) is 0 Å². The van der Waals surface area contributed by atoms with Crippen LogP contribution in [0.1, 0.15) is 39.3 Å². The van der Waals surface area contributed by atoms with Crippen molar-refractivity contribution in [1.29, 1.82) is 0 Å². The number of rotatable bonds is 7. The van der Waals surface area contributed by atoms with Crippen LogP contribution in [0.25, 0.3) is 0 Å². The molecule has 1 heterocycles. The Morgan fingerprint density at radius 1 is 1.33 bits per heavy atom. The predicted octanol–water partition coefficient (Wildman–Crippen LogP) is 1.62. The third-order valence-corrected chi connectivity index (χ3v) is 3.02. The van der Waals surface area contributed by atoms with E-state index in [0.717, 1.165) is 5.69 Å². The summed E-state index contributed by atoms with van der Waals surface area (Å²) in [7, 11) is 1.32. The van der Waals surface area contributed by atoms with E-state index in [1.807, 2.05) is 27.7 Å². The van der Waals surface area contributed by atoms with Crippen LogP contribution in [-0.4, -0.2) is 48.2 Å². The van der Waals surface area contributed by atoms with Crippen LogP contribution in [0.3, 0.4) is 0 Å². The first-order valence-electron chi connectivity index (χ1n) is 6.90. The molecule has 7 heteroatoms. The van der Waals surface area contributed by atoms with Gasteiger partial charge in [0.1, 0.15) is 0 Å². The van der Waals surface area contributed by atoms with Gasteiger partial charge < -0.3 is 9.26 Å². The van der Waals surface area contributed by atoms with Crippen LogP contribution in [0.2, 0.25) is 0 Å². The number of nitrogens with one attached hydrogen (secondary N) is 1. The zero-order valence-electron chi connectivity index (χ0n) is 13.2. The summed E-state index contributed by atoms with van der Waals surface area (Å²) in [6.45, 7) is 7.92. The number of aromatic nitrogens is 1. The van der Waals surface area contributed by atoms with Crippen LogP contribution in [0, 0.1) is 0 Å². The fourth-order valence-corrected chi connectivity index (χ4v) is 1.63. The van der Waals surface area contributed by atoms with E-state index in [-0.39, 0.29) is 36.9 Å². The first kappa shape index (κ1) is 17.2. The number of hydrogen-bond acceptors (Lipinski definition) is 6. The molecule has 0 saturated carbocycles. The number of carbonyl (C=O) groups is 2. The van der Waals surface area contributed by atoms with Crippen molar-refractivity contribution >= 4 is 17.8 Å². The maximum absolute atomic E-state index is 12.0. The van der Waals surface area contributed by atoms with Gasteiger partial charge in [0.15, 0.2) is 0 Å². The fraction of sp³-hybridized carbons (Fsp3) is 0.643. The molecule has 1 N–H and O–H groups in total. The maximum Gasteiger partial charge on any atom is 0.319 e. The molecule has 21 heavy (non-hydrogen) atoms. The first-order chi connectivity index (χ1) is 9.83. The largest absolute Gasteiger partial charge is 0.468 e. The summed E-state index contributed by atoms with van der Waals surface area (Å²) in [5, 5.41) is 6.50. The second-order valence-electron chi connectivity index (χ2n) is 5.39. The van der Waals surface area contributed by atoms with E-state index in [4.69, 9.17) is 4.52 Å². The molecule has 0 saturated heterocycles. The summed E-state index contributed by atoms with van der Waals surface area (Å²) in [6, 6.07) is 1.73. The Hall–Kier alpha value is -1.89. The van der Waals surface area contributed by atoms with Gasteiger partial charge in [-0.3, -0.25) is 19.8 Å². The number of nitrogens with zero attached hydrogens (tertiary/aromatic N) is 2. The SMILES string of the molecule is COC(=O)CN(CC(=O)Nc1cc(C(C)C)no1)C(C)C. The van der Waals surface area contributed by atoms with E-state index in [2.05, 4.69) is 15.2 Å². The molecule has 7 nitrogen and oxygen atoms in total. The molecule has 0 spiro atoms. The molecule has 1 amide bonds. The van der Waals surface area contributed by atoms with Gasteiger partial charge in [-0.05, 0) is 19.8 Å². The highest BCUT2D eigenvalue weighted by molar-refractivity contribution is 5.91. The molecule has 0 aliphatic rings. The molecule has 0 radical (unpaired) electrons. The van der Waals surface area contributed by atoms with Crippen molar-refractivity contribution in [2.24, 2.45) is 0 Å². The third kappa shape index (κ3) is 5.55. The lowest BCUT2D eigenvalue weighted by Gasteiger charge is -2.23. The number of esters is 1. The number of amides is 1. The lowest BCUT2D eigenvalue weighted by molar-refractivity contribution is -0.142. The molecule has 1 aromatic heterocycles. The molecule has 0 aliphatic heterocycles. The normalized spacial score (nSPS) is 11.2. The summed E-state index contributed by atoms with van der Waals surface area (Å²) in [5.41, 5.74) is 0.778. The van der Waals surface area contributed by atoms with Crippen LogP contribution in [-0.2, 0) is 14.3 Å². The van der Waals surface area contributed by atoms with E-state index >= 15 is 0 Å². The number of carbonyl (C=O) groups excluding carboxylic acids is 2. The van der Waals surface area contributed by atoms with Crippen LogP contribution in [0.4, 0.5) is 5.88 Å². The minimum atomic E-state index is -0.377. The van der Waals surface area contributed by atoms with Gasteiger partial charge in [-0.2, -0.15) is 0 Å². The standard InChI is InChI=1S/C14H23N3O4/c1-9(2)11-6-13(21-16-11)15-12(18)7-17(10(3)4)8-14(19)20-5/h6,9-10H,7-8H2,1-5H3,(H,15,18). The van der Waals surface area contributed by atoms with Gasteiger partial charge in [-0.1, -0.05) is 19.0 Å². The second-order valence-corrected chi connectivity index (χ2v) is 5.39. The zero-order valence-corrected chi connectivity index (χ0v) is 13.2. The summed E-state index contributed by atoms with van der Waals surface area (Å²) >= 11 is 0. The number of anilines is 1. The molecular weight excluding hydrogens is 274 g/mol. The van der Waals surface area contributed by atoms with E-state index in [1.165, 1.54) is 7.11 Å². The average molecular weight is 297 g/mol. The van der Waals surface area contributed by atoms with Crippen molar-refractivity contribution in [1.82, 2.24) is 10.1 Å². The van der Waals surface area contributed by atoms with Gasteiger partial charge in [0.2, 0.25) is 11.8 Å². The van der Waals surface area contributed by atoms with Crippen LogP contribution >= 0.6 is 0 Å². The summed E-state index contributed by atoms with van der Waals surface area (Å²) in [4.78, 5) is 25.0.